The molecule has 0 saturated carbocycles. The maximum Gasteiger partial charge on any atom is 0.410 e. The van der Waals surface area contributed by atoms with Crippen molar-refractivity contribution in [3.05, 3.63) is 24.4 Å². The summed E-state index contributed by atoms with van der Waals surface area (Å²) >= 11 is 0. The molecule has 0 aliphatic carbocycles. The van der Waals surface area contributed by atoms with E-state index in [0.717, 1.165) is 6.07 Å². The molecule has 0 unspecified atom stereocenters. The van der Waals surface area contributed by atoms with Crippen molar-refractivity contribution in [2.45, 2.75) is 38.9 Å². The maximum atomic E-state index is 14.5. The van der Waals surface area contributed by atoms with E-state index in [9.17, 15) is 9.18 Å². The number of hydrogen-bond acceptors (Lipinski definition) is 9. The molecular weight excluding hydrogens is 409 g/mol. The first-order valence-corrected chi connectivity index (χ1v) is 9.84. The van der Waals surface area contributed by atoms with Crippen molar-refractivity contribution >= 4 is 17.3 Å². The summed E-state index contributed by atoms with van der Waals surface area (Å²) in [5.41, 5.74) is 0.665. The van der Waals surface area contributed by atoms with Crippen molar-refractivity contribution in [3.8, 4) is 17.4 Å². The van der Waals surface area contributed by atoms with E-state index in [2.05, 4.69) is 25.3 Å². The lowest BCUT2D eigenvalue weighted by molar-refractivity contribution is 0.0510. The van der Waals surface area contributed by atoms with Gasteiger partial charge in [-0.3, -0.25) is 0 Å². The number of fused-ring (bicyclic) bond motifs is 1. The number of methoxy groups -OCH3 is 1. The van der Waals surface area contributed by atoms with Gasteiger partial charge < -0.3 is 19.1 Å². The summed E-state index contributed by atoms with van der Waals surface area (Å²) in [6, 6.07) is 1.15. The van der Waals surface area contributed by atoms with Gasteiger partial charge in [-0.15, -0.1) is 5.10 Å². The fourth-order valence-electron chi connectivity index (χ4n) is 3.24. The lowest BCUT2D eigenvalue weighted by Crippen LogP contribution is -2.42. The van der Waals surface area contributed by atoms with Crippen LogP contribution in [0.25, 0.3) is 16.9 Å². The van der Waals surface area contributed by atoms with Gasteiger partial charge in [-0.1, -0.05) is 5.21 Å². The van der Waals surface area contributed by atoms with Gasteiger partial charge in [0.05, 0.1) is 19.4 Å². The van der Waals surface area contributed by atoms with Crippen LogP contribution in [-0.2, 0) is 4.74 Å². The maximum absolute atomic E-state index is 14.5. The van der Waals surface area contributed by atoms with Crippen LogP contribution in [0.3, 0.4) is 0 Å². The molecule has 4 heterocycles. The van der Waals surface area contributed by atoms with Crippen molar-refractivity contribution in [1.29, 1.82) is 0 Å². The summed E-state index contributed by atoms with van der Waals surface area (Å²) in [5.74, 6) is -0.186. The average molecular weight is 431 g/mol. The van der Waals surface area contributed by atoms with Crippen molar-refractivity contribution in [3.63, 3.8) is 0 Å². The summed E-state index contributed by atoms with van der Waals surface area (Å²) in [4.78, 5) is 26.0. The van der Waals surface area contributed by atoms with Crippen molar-refractivity contribution in [2.75, 3.05) is 20.2 Å². The van der Waals surface area contributed by atoms with E-state index in [0.29, 0.717) is 31.4 Å². The van der Waals surface area contributed by atoms with Crippen LogP contribution in [0.15, 0.2) is 18.6 Å². The highest BCUT2D eigenvalue weighted by Crippen LogP contribution is 2.26. The second-order valence-electron chi connectivity index (χ2n) is 7.27. The van der Waals surface area contributed by atoms with E-state index in [1.807, 2.05) is 13.8 Å². The number of likely N-dealkylation sites (tertiary alicyclic amines) is 1. The fraction of sp³-hybridized carbons (Fsp3) is 0.474. The molecule has 0 atom stereocenters. The monoisotopic (exact) mass is 431 g/mol. The topological polar surface area (TPSA) is 117 Å². The van der Waals surface area contributed by atoms with Crippen LogP contribution in [0, 0.1) is 5.82 Å². The van der Waals surface area contributed by atoms with Crippen LogP contribution in [0.4, 0.5) is 9.18 Å². The van der Waals surface area contributed by atoms with E-state index in [4.69, 9.17) is 14.2 Å². The number of carbonyl (C=O) groups excluding carboxylic acids is 1. The van der Waals surface area contributed by atoms with E-state index >= 15 is 0 Å². The molecule has 1 saturated heterocycles. The minimum Gasteiger partial charge on any atom is -0.481 e. The molecule has 0 radical (unpaired) electrons. The molecule has 1 aliphatic rings. The van der Waals surface area contributed by atoms with Crippen LogP contribution in [0.2, 0.25) is 0 Å². The average Bonchev–Trinajstić information content (AvgIpc) is 3.18. The van der Waals surface area contributed by atoms with Crippen LogP contribution < -0.4 is 9.47 Å². The quantitative estimate of drug-likeness (QED) is 0.599. The molecule has 3 aromatic rings. The number of aromatic nitrogens is 6. The van der Waals surface area contributed by atoms with Crippen LogP contribution in [0.5, 0.6) is 11.8 Å². The first-order chi connectivity index (χ1) is 15.0. The summed E-state index contributed by atoms with van der Waals surface area (Å²) in [6.07, 6.45) is 3.18. The Bertz CT molecular complexity index is 1080. The molecule has 1 aliphatic heterocycles. The first-order valence-electron chi connectivity index (χ1n) is 9.84. The second kappa shape index (κ2) is 8.66. The van der Waals surface area contributed by atoms with Gasteiger partial charge in [0.25, 0.3) is 0 Å². The largest absolute Gasteiger partial charge is 0.481 e. The Labute approximate surface area is 177 Å². The van der Waals surface area contributed by atoms with E-state index < -0.39 is 5.82 Å². The number of nitrogens with zero attached hydrogens (tertiary/aromatic N) is 7. The molecule has 12 heteroatoms. The van der Waals surface area contributed by atoms with Crippen molar-refractivity contribution in [1.82, 2.24) is 34.8 Å². The second-order valence-corrected chi connectivity index (χ2v) is 7.27. The molecule has 0 aromatic carbocycles. The zero-order chi connectivity index (χ0) is 22.0. The Morgan fingerprint density at radius 3 is 2.68 bits per heavy atom. The van der Waals surface area contributed by atoms with Gasteiger partial charge in [-0.25, -0.2) is 19.2 Å². The highest BCUT2D eigenvalue weighted by Gasteiger charge is 2.27. The highest BCUT2D eigenvalue weighted by atomic mass is 19.1. The van der Waals surface area contributed by atoms with Gasteiger partial charge in [0, 0.05) is 32.0 Å². The van der Waals surface area contributed by atoms with Gasteiger partial charge in [-0.05, 0) is 13.8 Å². The van der Waals surface area contributed by atoms with Crippen LogP contribution >= 0.6 is 0 Å². The number of carbonyl (C=O) groups is 1. The zero-order valence-electron chi connectivity index (χ0n) is 17.4. The number of piperidine rings is 1. The molecule has 4 rings (SSSR count). The van der Waals surface area contributed by atoms with Crippen molar-refractivity contribution < 1.29 is 23.4 Å². The van der Waals surface area contributed by atoms with Crippen LogP contribution in [-0.4, -0.2) is 73.3 Å². The summed E-state index contributed by atoms with van der Waals surface area (Å²) in [7, 11) is 1.40. The molecule has 0 bridgehead atoms. The van der Waals surface area contributed by atoms with Crippen molar-refractivity contribution in [2.24, 2.45) is 0 Å². The number of ether oxygens (including phenoxy) is 3. The Hall–Kier alpha value is -3.57. The van der Waals surface area contributed by atoms with Gasteiger partial charge in [-0.2, -0.15) is 9.67 Å². The summed E-state index contributed by atoms with van der Waals surface area (Å²) in [6.45, 7) is 4.66. The fourth-order valence-corrected chi connectivity index (χ4v) is 3.24. The van der Waals surface area contributed by atoms with Gasteiger partial charge in [0.15, 0.2) is 17.0 Å². The molecule has 164 valence electrons. The molecule has 31 heavy (non-hydrogen) atoms. The van der Waals surface area contributed by atoms with E-state index in [1.54, 1.807) is 4.90 Å². The predicted octanol–water partition coefficient (Wildman–Crippen LogP) is 2.14. The molecule has 0 spiro atoms. The highest BCUT2D eigenvalue weighted by molar-refractivity contribution is 5.76. The third-order valence-corrected chi connectivity index (χ3v) is 4.77. The molecule has 1 amide bonds. The first kappa shape index (κ1) is 20.7. The normalized spacial score (nSPS) is 14.8. The smallest absolute Gasteiger partial charge is 0.410 e. The zero-order valence-corrected chi connectivity index (χ0v) is 17.4. The molecular formula is C19H22FN7O4. The SMILES string of the molecule is COc1cc(F)c(-n2nnc3c(OC4CCN(C(=O)OC(C)C)CC4)ncnc32)cn1. The number of hydrogen-bond donors (Lipinski definition) is 0. The Kier molecular flexibility index (Phi) is 5.78. The number of pyridine rings is 1. The molecule has 0 N–H and O–H groups in total. The Morgan fingerprint density at radius 1 is 1.23 bits per heavy atom. The predicted molar refractivity (Wildman–Crippen MR) is 106 cm³/mol. The Morgan fingerprint density at radius 2 is 2.00 bits per heavy atom. The third kappa shape index (κ3) is 4.32. The molecule has 1 fully saturated rings. The summed E-state index contributed by atoms with van der Waals surface area (Å²) in [5, 5.41) is 8.07. The van der Waals surface area contributed by atoms with Crippen LogP contribution in [0.1, 0.15) is 26.7 Å². The van der Waals surface area contributed by atoms with Gasteiger partial charge in [0.1, 0.15) is 18.1 Å². The van der Waals surface area contributed by atoms with E-state index in [1.165, 1.54) is 24.3 Å². The molecule has 11 nitrogen and oxygen atoms in total. The minimum absolute atomic E-state index is 0.0740. The Balaban J connectivity index is 1.50. The van der Waals surface area contributed by atoms with Gasteiger partial charge in [0.2, 0.25) is 11.8 Å². The third-order valence-electron chi connectivity index (χ3n) is 4.77. The van der Waals surface area contributed by atoms with Gasteiger partial charge >= 0.3 is 6.09 Å². The lowest BCUT2D eigenvalue weighted by atomic mass is 10.1. The minimum atomic E-state index is -0.583. The summed E-state index contributed by atoms with van der Waals surface area (Å²) < 4.78 is 31.9. The number of amides is 1. The number of halogens is 1. The lowest BCUT2D eigenvalue weighted by Gasteiger charge is -2.31. The molecule has 3 aromatic heterocycles. The van der Waals surface area contributed by atoms with E-state index in [-0.39, 0.29) is 41.4 Å². The standard InChI is InChI=1S/C19H22FN7O4/c1-11(2)30-19(28)26-6-4-12(5-7-26)31-18-16-17(22-10-23-18)27(25-24-16)14-9-21-15(29-3)8-13(14)20/h8-12H,4-7H2,1-3H3. The number of rotatable bonds is 5.